The van der Waals surface area contributed by atoms with Gasteiger partial charge < -0.3 is 5.32 Å². The van der Waals surface area contributed by atoms with Gasteiger partial charge in [0, 0.05) is 17.8 Å². The van der Waals surface area contributed by atoms with E-state index in [2.05, 4.69) is 15.5 Å². The lowest BCUT2D eigenvalue weighted by Crippen LogP contribution is -2.24. The molecule has 0 unspecified atom stereocenters. The lowest BCUT2D eigenvalue weighted by molar-refractivity contribution is -0.118. The number of hydrogen-bond acceptors (Lipinski definition) is 4. The first-order valence-corrected chi connectivity index (χ1v) is 10.5. The number of nitrogens with one attached hydrogen (secondary N) is 1. The van der Waals surface area contributed by atoms with E-state index in [4.69, 9.17) is 0 Å². The molecule has 31 heavy (non-hydrogen) atoms. The lowest BCUT2D eigenvalue weighted by atomic mass is 10.2. The Kier molecular flexibility index (Phi) is 6.37. The Labute approximate surface area is 182 Å². The number of amides is 1. The van der Waals surface area contributed by atoms with E-state index >= 15 is 0 Å². The van der Waals surface area contributed by atoms with Crippen LogP contribution in [0.3, 0.4) is 0 Å². The van der Waals surface area contributed by atoms with Crippen LogP contribution < -0.4 is 5.32 Å². The number of carbonyl (C=O) groups is 1. The fourth-order valence-electron chi connectivity index (χ4n) is 2.94. The van der Waals surface area contributed by atoms with Crippen LogP contribution in [0.1, 0.15) is 5.56 Å². The summed E-state index contributed by atoms with van der Waals surface area (Å²) in [6.07, 6.45) is 0. The van der Waals surface area contributed by atoms with E-state index in [1.54, 1.807) is 24.3 Å². The summed E-state index contributed by atoms with van der Waals surface area (Å²) in [4.78, 5) is 12.3. The largest absolute Gasteiger partial charge is 0.351 e. The average molecular weight is 436 g/mol. The summed E-state index contributed by atoms with van der Waals surface area (Å²) in [5, 5.41) is 11.9. The van der Waals surface area contributed by atoms with Crippen molar-refractivity contribution in [1.29, 1.82) is 0 Å². The molecule has 0 saturated carbocycles. The minimum absolute atomic E-state index is 0.135. The van der Waals surface area contributed by atoms with Crippen LogP contribution in [-0.2, 0) is 11.3 Å². The van der Waals surface area contributed by atoms with Crippen molar-refractivity contribution in [1.82, 2.24) is 20.1 Å². The van der Waals surface area contributed by atoms with Gasteiger partial charge in [0.05, 0.1) is 5.75 Å². The summed E-state index contributed by atoms with van der Waals surface area (Å²) in [7, 11) is 0. The smallest absolute Gasteiger partial charge is 0.230 e. The number of para-hydroxylation sites is 1. The molecule has 1 N–H and O–H groups in total. The predicted octanol–water partition coefficient (Wildman–Crippen LogP) is 4.62. The maximum atomic E-state index is 13.3. The maximum absolute atomic E-state index is 13.3. The third-order valence-corrected chi connectivity index (χ3v) is 5.41. The Bertz CT molecular complexity index is 1160. The number of nitrogens with zero attached hydrogens (tertiary/aromatic N) is 3. The molecule has 0 radical (unpaired) electrons. The quantitative estimate of drug-likeness (QED) is 0.430. The lowest BCUT2D eigenvalue weighted by Gasteiger charge is -2.10. The second-order valence-electron chi connectivity index (χ2n) is 6.68. The molecule has 0 fully saturated rings. The molecule has 3 aromatic carbocycles. The van der Waals surface area contributed by atoms with Gasteiger partial charge in [-0.3, -0.25) is 9.36 Å². The Balaban J connectivity index is 1.50. The second kappa shape index (κ2) is 9.53. The van der Waals surface area contributed by atoms with Crippen LogP contribution in [0, 0.1) is 11.6 Å². The summed E-state index contributed by atoms with van der Waals surface area (Å²) in [6.45, 7) is 0.311. The number of hydrogen-bond donors (Lipinski definition) is 1. The first kappa shape index (κ1) is 20.7. The molecule has 1 heterocycles. The highest BCUT2D eigenvalue weighted by atomic mass is 32.2. The molecule has 0 aliphatic heterocycles. The summed E-state index contributed by atoms with van der Waals surface area (Å²) in [5.41, 5.74) is 2.36. The molecule has 4 rings (SSSR count). The third-order valence-electron chi connectivity index (χ3n) is 4.49. The van der Waals surface area contributed by atoms with Crippen molar-refractivity contribution < 1.29 is 13.6 Å². The standard InChI is InChI=1S/C23H18F2N4OS/c24-18-10-6-16(7-11-18)14-26-21(30)15-31-23-28-27-22(17-8-12-19(25)13-9-17)29(23)20-4-2-1-3-5-20/h1-13H,14-15H2,(H,26,30). The summed E-state index contributed by atoms with van der Waals surface area (Å²) < 4.78 is 28.2. The molecular formula is C23H18F2N4OS. The van der Waals surface area contributed by atoms with Gasteiger partial charge in [-0.2, -0.15) is 0 Å². The van der Waals surface area contributed by atoms with E-state index < -0.39 is 0 Å². The molecule has 4 aromatic rings. The molecule has 0 saturated heterocycles. The van der Waals surface area contributed by atoms with E-state index in [1.807, 2.05) is 34.9 Å². The van der Waals surface area contributed by atoms with Gasteiger partial charge in [0.15, 0.2) is 11.0 Å². The zero-order chi connectivity index (χ0) is 21.6. The van der Waals surface area contributed by atoms with Crippen molar-refractivity contribution in [3.05, 3.63) is 96.1 Å². The van der Waals surface area contributed by atoms with Gasteiger partial charge in [-0.1, -0.05) is 42.1 Å². The van der Waals surface area contributed by atoms with Gasteiger partial charge in [0.1, 0.15) is 11.6 Å². The van der Waals surface area contributed by atoms with Gasteiger partial charge in [-0.05, 0) is 54.1 Å². The van der Waals surface area contributed by atoms with Gasteiger partial charge in [0.2, 0.25) is 5.91 Å². The SMILES string of the molecule is O=C(CSc1nnc(-c2ccc(F)cc2)n1-c1ccccc1)NCc1ccc(F)cc1. The van der Waals surface area contributed by atoms with Crippen LogP contribution in [0.25, 0.3) is 17.1 Å². The Morgan fingerprint density at radius 3 is 2.19 bits per heavy atom. The highest BCUT2D eigenvalue weighted by Crippen LogP contribution is 2.28. The normalized spacial score (nSPS) is 10.8. The molecule has 0 bridgehead atoms. The minimum atomic E-state index is -0.332. The number of aromatic nitrogens is 3. The van der Waals surface area contributed by atoms with Crippen molar-refractivity contribution in [2.45, 2.75) is 11.7 Å². The molecule has 8 heteroatoms. The highest BCUT2D eigenvalue weighted by molar-refractivity contribution is 7.99. The van der Waals surface area contributed by atoms with E-state index in [0.717, 1.165) is 11.3 Å². The van der Waals surface area contributed by atoms with Crippen molar-refractivity contribution >= 4 is 17.7 Å². The number of benzene rings is 3. The molecule has 0 atom stereocenters. The monoisotopic (exact) mass is 436 g/mol. The van der Waals surface area contributed by atoms with Gasteiger partial charge >= 0.3 is 0 Å². The number of carbonyl (C=O) groups excluding carboxylic acids is 1. The highest BCUT2D eigenvalue weighted by Gasteiger charge is 2.17. The summed E-state index contributed by atoms with van der Waals surface area (Å²) >= 11 is 1.25. The van der Waals surface area contributed by atoms with Crippen LogP contribution in [-0.4, -0.2) is 26.4 Å². The molecule has 156 valence electrons. The van der Waals surface area contributed by atoms with E-state index in [0.29, 0.717) is 23.1 Å². The van der Waals surface area contributed by atoms with Crippen LogP contribution in [0.15, 0.2) is 84.0 Å². The number of rotatable bonds is 7. The topological polar surface area (TPSA) is 59.8 Å². The molecular weight excluding hydrogens is 418 g/mol. The first-order chi connectivity index (χ1) is 15.1. The van der Waals surface area contributed by atoms with Crippen molar-refractivity contribution in [2.24, 2.45) is 0 Å². The zero-order valence-electron chi connectivity index (χ0n) is 16.3. The van der Waals surface area contributed by atoms with Crippen LogP contribution in [0.2, 0.25) is 0 Å². The van der Waals surface area contributed by atoms with Crippen molar-refractivity contribution in [3.8, 4) is 17.1 Å². The average Bonchev–Trinajstić information content (AvgIpc) is 3.22. The summed E-state index contributed by atoms with van der Waals surface area (Å²) in [5.74, 6) is -0.138. The fourth-order valence-corrected chi connectivity index (χ4v) is 3.72. The molecule has 0 aliphatic rings. The van der Waals surface area contributed by atoms with Crippen molar-refractivity contribution in [3.63, 3.8) is 0 Å². The molecule has 1 aromatic heterocycles. The Morgan fingerprint density at radius 1 is 0.871 bits per heavy atom. The van der Waals surface area contributed by atoms with Crippen LogP contribution in [0.5, 0.6) is 0 Å². The zero-order valence-corrected chi connectivity index (χ0v) is 17.2. The predicted molar refractivity (Wildman–Crippen MR) is 116 cm³/mol. The van der Waals surface area contributed by atoms with E-state index in [-0.39, 0.29) is 23.3 Å². The third kappa shape index (κ3) is 5.16. The number of thioether (sulfide) groups is 1. The first-order valence-electron chi connectivity index (χ1n) is 9.51. The second-order valence-corrected chi connectivity index (χ2v) is 7.62. The van der Waals surface area contributed by atoms with Crippen LogP contribution in [0.4, 0.5) is 8.78 Å². The molecule has 5 nitrogen and oxygen atoms in total. The van der Waals surface area contributed by atoms with Crippen molar-refractivity contribution in [2.75, 3.05) is 5.75 Å². The van der Waals surface area contributed by atoms with E-state index in [1.165, 1.54) is 36.0 Å². The molecule has 0 aliphatic carbocycles. The van der Waals surface area contributed by atoms with Crippen LogP contribution >= 0.6 is 11.8 Å². The maximum Gasteiger partial charge on any atom is 0.230 e. The molecule has 1 amide bonds. The van der Waals surface area contributed by atoms with Gasteiger partial charge in [-0.25, -0.2) is 8.78 Å². The Morgan fingerprint density at radius 2 is 1.52 bits per heavy atom. The Hall–Kier alpha value is -3.52. The van der Waals surface area contributed by atoms with E-state index in [9.17, 15) is 13.6 Å². The number of halogens is 2. The fraction of sp³-hybridized carbons (Fsp3) is 0.0870. The van der Waals surface area contributed by atoms with Gasteiger partial charge in [-0.15, -0.1) is 10.2 Å². The minimum Gasteiger partial charge on any atom is -0.351 e. The van der Waals surface area contributed by atoms with Gasteiger partial charge in [0.25, 0.3) is 0 Å². The molecule has 0 spiro atoms. The summed E-state index contributed by atoms with van der Waals surface area (Å²) in [6, 6.07) is 21.5.